The van der Waals surface area contributed by atoms with Crippen LogP contribution >= 0.6 is 11.6 Å². The summed E-state index contributed by atoms with van der Waals surface area (Å²) in [5.41, 5.74) is 2.63. The lowest BCUT2D eigenvalue weighted by Crippen LogP contribution is -2.33. The van der Waals surface area contributed by atoms with Crippen LogP contribution in [0.15, 0.2) is 23.3 Å². The van der Waals surface area contributed by atoms with Gasteiger partial charge in [0.25, 0.3) is 11.6 Å². The first kappa shape index (κ1) is 18.9. The summed E-state index contributed by atoms with van der Waals surface area (Å²) in [5.74, 6) is -0.687. The van der Waals surface area contributed by atoms with Gasteiger partial charge in [-0.05, 0) is 31.9 Å². The second-order valence-corrected chi connectivity index (χ2v) is 6.34. The second-order valence-electron chi connectivity index (χ2n) is 5.94. The van der Waals surface area contributed by atoms with E-state index in [1.54, 1.807) is 6.92 Å². The smallest absolute Gasteiger partial charge is 0.287 e. The van der Waals surface area contributed by atoms with Gasteiger partial charge < -0.3 is 5.32 Å². The fourth-order valence-corrected chi connectivity index (χ4v) is 2.88. The number of rotatable bonds is 6. The Morgan fingerprint density at radius 3 is 2.64 bits per heavy atom. The first-order valence-corrected chi connectivity index (χ1v) is 8.31. The van der Waals surface area contributed by atoms with Crippen molar-refractivity contribution in [3.05, 3.63) is 38.9 Å². The molecule has 0 saturated heterocycles. The van der Waals surface area contributed by atoms with E-state index < -0.39 is 10.8 Å². The lowest BCUT2D eigenvalue weighted by molar-refractivity contribution is -0.384. The quantitative estimate of drug-likeness (QED) is 0.457. The van der Waals surface area contributed by atoms with E-state index in [9.17, 15) is 19.7 Å². The fraction of sp³-hybridized carbons (Fsp3) is 0.438. The van der Waals surface area contributed by atoms with Crippen LogP contribution in [0.1, 0.15) is 49.4 Å². The Morgan fingerprint density at radius 2 is 2.04 bits per heavy atom. The number of amides is 2. The molecule has 25 heavy (non-hydrogen) atoms. The minimum atomic E-state index is -0.630. The maximum atomic E-state index is 12.0. The molecule has 8 nitrogen and oxygen atoms in total. The van der Waals surface area contributed by atoms with Crippen LogP contribution in [-0.4, -0.2) is 28.5 Å². The topological polar surface area (TPSA) is 114 Å². The standard InChI is InChI=1S/C16H19ClN4O4/c1-10(8-15(22)18-12-4-2-3-5-12)19-20-16(23)11-6-7-14(21(24)25)13(17)9-11/h6-7,9,12H,2-5,8H2,1H3,(H,18,22)(H,20,23). The van der Waals surface area contributed by atoms with E-state index in [2.05, 4.69) is 15.8 Å². The summed E-state index contributed by atoms with van der Waals surface area (Å²) in [6.07, 6.45) is 4.36. The zero-order chi connectivity index (χ0) is 18.4. The normalized spacial score (nSPS) is 15.0. The average Bonchev–Trinajstić information content (AvgIpc) is 3.04. The number of halogens is 1. The van der Waals surface area contributed by atoms with Crippen LogP contribution in [0.4, 0.5) is 5.69 Å². The lowest BCUT2D eigenvalue weighted by Gasteiger charge is -2.11. The number of carbonyl (C=O) groups is 2. The number of nitro groups is 1. The van der Waals surface area contributed by atoms with Gasteiger partial charge in [-0.3, -0.25) is 19.7 Å². The summed E-state index contributed by atoms with van der Waals surface area (Å²) in [6, 6.07) is 3.88. The summed E-state index contributed by atoms with van der Waals surface area (Å²) in [4.78, 5) is 34.0. The molecular weight excluding hydrogens is 348 g/mol. The van der Waals surface area contributed by atoms with Gasteiger partial charge >= 0.3 is 0 Å². The summed E-state index contributed by atoms with van der Waals surface area (Å²) in [5, 5.41) is 17.4. The van der Waals surface area contributed by atoms with E-state index >= 15 is 0 Å². The minimum Gasteiger partial charge on any atom is -0.353 e. The number of carbonyl (C=O) groups excluding carboxylic acids is 2. The summed E-state index contributed by atoms with van der Waals surface area (Å²) in [6.45, 7) is 1.64. The van der Waals surface area contributed by atoms with E-state index in [1.165, 1.54) is 12.1 Å². The molecule has 0 aliphatic heterocycles. The predicted molar refractivity (Wildman–Crippen MR) is 93.7 cm³/mol. The molecule has 0 unspecified atom stereocenters. The van der Waals surface area contributed by atoms with Gasteiger partial charge in [-0.1, -0.05) is 24.4 Å². The molecule has 1 aromatic rings. The molecule has 1 aromatic carbocycles. The molecule has 1 saturated carbocycles. The van der Waals surface area contributed by atoms with Crippen LogP contribution in [0.3, 0.4) is 0 Å². The first-order chi connectivity index (χ1) is 11.9. The predicted octanol–water partition coefficient (Wildman–Crippen LogP) is 2.80. The number of hydrogen-bond acceptors (Lipinski definition) is 5. The SMILES string of the molecule is CC(CC(=O)NC1CCCC1)=NNC(=O)c1ccc([N+](=O)[O-])c(Cl)c1. The Bertz CT molecular complexity index is 714. The maximum absolute atomic E-state index is 12.0. The monoisotopic (exact) mass is 366 g/mol. The molecule has 0 spiro atoms. The highest BCUT2D eigenvalue weighted by Gasteiger charge is 2.18. The van der Waals surface area contributed by atoms with Crippen molar-refractivity contribution in [3.8, 4) is 0 Å². The minimum absolute atomic E-state index is 0.0950. The molecule has 0 atom stereocenters. The van der Waals surface area contributed by atoms with Crippen LogP contribution in [0, 0.1) is 10.1 Å². The molecule has 0 heterocycles. The molecule has 2 rings (SSSR count). The number of nitrogens with one attached hydrogen (secondary N) is 2. The van der Waals surface area contributed by atoms with Gasteiger partial charge in [0.05, 0.1) is 11.3 Å². The van der Waals surface area contributed by atoms with E-state index in [0.29, 0.717) is 5.71 Å². The molecule has 0 bridgehead atoms. The van der Waals surface area contributed by atoms with Crippen LogP contribution in [0.5, 0.6) is 0 Å². The van der Waals surface area contributed by atoms with E-state index in [4.69, 9.17) is 11.6 Å². The number of hydrogen-bond donors (Lipinski definition) is 2. The van der Waals surface area contributed by atoms with Gasteiger partial charge in [-0.15, -0.1) is 0 Å². The zero-order valence-corrected chi connectivity index (χ0v) is 14.5. The molecule has 9 heteroatoms. The molecule has 1 aliphatic carbocycles. The van der Waals surface area contributed by atoms with Crippen molar-refractivity contribution in [2.45, 2.75) is 45.1 Å². The van der Waals surface area contributed by atoms with Gasteiger partial charge in [0.2, 0.25) is 5.91 Å². The summed E-state index contributed by atoms with van der Waals surface area (Å²) >= 11 is 5.77. The van der Waals surface area contributed by atoms with Crippen LogP contribution in [0.2, 0.25) is 5.02 Å². The molecular formula is C16H19ClN4O4. The average molecular weight is 367 g/mol. The molecule has 2 N–H and O–H groups in total. The van der Waals surface area contributed by atoms with E-state index in [1.807, 2.05) is 0 Å². The van der Waals surface area contributed by atoms with Gasteiger partial charge in [0.1, 0.15) is 5.02 Å². The lowest BCUT2D eigenvalue weighted by atomic mass is 10.2. The van der Waals surface area contributed by atoms with Crippen molar-refractivity contribution in [2.75, 3.05) is 0 Å². The van der Waals surface area contributed by atoms with Gasteiger partial charge in [0.15, 0.2) is 0 Å². The van der Waals surface area contributed by atoms with E-state index in [-0.39, 0.29) is 34.6 Å². The third-order valence-electron chi connectivity index (χ3n) is 3.89. The van der Waals surface area contributed by atoms with Crippen molar-refractivity contribution in [1.82, 2.24) is 10.7 Å². The Labute approximate surface area is 149 Å². The third-order valence-corrected chi connectivity index (χ3v) is 4.19. The molecule has 0 radical (unpaired) electrons. The number of nitrogens with zero attached hydrogens (tertiary/aromatic N) is 2. The zero-order valence-electron chi connectivity index (χ0n) is 13.8. The van der Waals surface area contributed by atoms with Crippen LogP contribution < -0.4 is 10.7 Å². The Hall–Kier alpha value is -2.48. The van der Waals surface area contributed by atoms with Gasteiger partial charge in [0, 0.05) is 23.4 Å². The number of nitro benzene ring substituents is 1. The Kier molecular flexibility index (Phi) is 6.46. The molecule has 1 fully saturated rings. The number of benzene rings is 1. The van der Waals surface area contributed by atoms with E-state index in [0.717, 1.165) is 31.7 Å². The van der Waals surface area contributed by atoms with Gasteiger partial charge in [-0.25, -0.2) is 5.43 Å². The van der Waals surface area contributed by atoms with Crippen LogP contribution in [0.25, 0.3) is 0 Å². The first-order valence-electron chi connectivity index (χ1n) is 7.93. The Morgan fingerprint density at radius 1 is 1.36 bits per heavy atom. The summed E-state index contributed by atoms with van der Waals surface area (Å²) in [7, 11) is 0. The van der Waals surface area contributed by atoms with Crippen molar-refractivity contribution >= 4 is 34.8 Å². The third kappa shape index (κ3) is 5.53. The highest BCUT2D eigenvalue weighted by molar-refractivity contribution is 6.33. The molecule has 1 aliphatic rings. The largest absolute Gasteiger partial charge is 0.353 e. The van der Waals surface area contributed by atoms with Crippen molar-refractivity contribution in [3.63, 3.8) is 0 Å². The highest BCUT2D eigenvalue weighted by Crippen LogP contribution is 2.24. The maximum Gasteiger partial charge on any atom is 0.287 e. The summed E-state index contributed by atoms with van der Waals surface area (Å²) < 4.78 is 0. The van der Waals surface area contributed by atoms with Crippen molar-refractivity contribution in [2.24, 2.45) is 5.10 Å². The van der Waals surface area contributed by atoms with Crippen LogP contribution in [-0.2, 0) is 4.79 Å². The molecule has 0 aromatic heterocycles. The molecule has 134 valence electrons. The van der Waals surface area contributed by atoms with Crippen molar-refractivity contribution < 1.29 is 14.5 Å². The number of hydrazone groups is 1. The Balaban J connectivity index is 1.89. The fourth-order valence-electron chi connectivity index (χ4n) is 2.63. The second kappa shape index (κ2) is 8.57. The molecule has 2 amide bonds. The van der Waals surface area contributed by atoms with Gasteiger partial charge in [-0.2, -0.15) is 5.10 Å². The van der Waals surface area contributed by atoms with Crippen molar-refractivity contribution in [1.29, 1.82) is 0 Å². The highest BCUT2D eigenvalue weighted by atomic mass is 35.5.